The number of amidine groups is 1. The lowest BCUT2D eigenvalue weighted by atomic mass is 10.1. The van der Waals surface area contributed by atoms with Gasteiger partial charge in [0.15, 0.2) is 5.17 Å². The lowest BCUT2D eigenvalue weighted by molar-refractivity contribution is 0.358. The summed E-state index contributed by atoms with van der Waals surface area (Å²) in [5.41, 5.74) is 0. The minimum absolute atomic E-state index is 0.705. The van der Waals surface area contributed by atoms with Crippen molar-refractivity contribution in [2.24, 2.45) is 10.9 Å². The Morgan fingerprint density at radius 1 is 1.73 bits per heavy atom. The second kappa shape index (κ2) is 5.99. The van der Waals surface area contributed by atoms with E-state index in [1.807, 2.05) is 19.5 Å². The number of thioether (sulfide) groups is 1. The van der Waals surface area contributed by atoms with Gasteiger partial charge in [-0.3, -0.25) is 0 Å². The molecule has 1 saturated heterocycles. The van der Waals surface area contributed by atoms with Gasteiger partial charge in [0.25, 0.3) is 0 Å². The van der Waals surface area contributed by atoms with Gasteiger partial charge < -0.3 is 9.80 Å². The average molecular weight is 226 g/mol. The number of aliphatic imine (C=N–C) groups is 1. The molecule has 0 radical (unpaired) electrons. The zero-order valence-corrected chi connectivity index (χ0v) is 10.4. The predicted octanol–water partition coefficient (Wildman–Crippen LogP) is 1.07. The Hall–Kier alpha value is -0.730. The van der Waals surface area contributed by atoms with Crippen molar-refractivity contribution in [3.63, 3.8) is 0 Å². The third-order valence-electron chi connectivity index (χ3n) is 2.68. The molecule has 1 rings (SSSR count). The lowest BCUT2D eigenvalue weighted by Crippen LogP contribution is -2.31. The topological polar surface area (TPSA) is 42.6 Å². The highest BCUT2D eigenvalue weighted by Gasteiger charge is 2.21. The minimum Gasteiger partial charge on any atom is -0.353 e. The molecule has 0 amide bonds. The number of nitriles is 1. The van der Waals surface area contributed by atoms with Crippen molar-refractivity contribution in [2.75, 3.05) is 40.0 Å². The zero-order chi connectivity index (χ0) is 11.3. The van der Waals surface area contributed by atoms with E-state index in [0.29, 0.717) is 5.92 Å². The van der Waals surface area contributed by atoms with Crippen LogP contribution in [0, 0.1) is 17.4 Å². The molecule has 0 saturated carbocycles. The summed E-state index contributed by atoms with van der Waals surface area (Å²) in [4.78, 5) is 8.23. The summed E-state index contributed by atoms with van der Waals surface area (Å²) in [5, 5.41) is 9.35. The summed E-state index contributed by atoms with van der Waals surface area (Å²) in [6.45, 7) is 3.33. The van der Waals surface area contributed by atoms with Crippen LogP contribution in [-0.4, -0.2) is 55.0 Å². The van der Waals surface area contributed by atoms with E-state index in [4.69, 9.17) is 5.26 Å². The maximum absolute atomic E-state index is 8.53. The van der Waals surface area contributed by atoms with Crippen molar-refractivity contribution in [3.8, 4) is 6.19 Å². The molecule has 0 aromatic rings. The van der Waals surface area contributed by atoms with E-state index in [9.17, 15) is 0 Å². The molecular weight excluding hydrogens is 208 g/mol. The van der Waals surface area contributed by atoms with E-state index >= 15 is 0 Å². The van der Waals surface area contributed by atoms with E-state index in [-0.39, 0.29) is 0 Å². The summed E-state index contributed by atoms with van der Waals surface area (Å²) in [5.74, 6) is 0.705. The van der Waals surface area contributed by atoms with Crippen molar-refractivity contribution in [1.82, 2.24) is 9.80 Å². The molecule has 0 aromatic heterocycles. The van der Waals surface area contributed by atoms with Gasteiger partial charge in [0, 0.05) is 20.1 Å². The quantitative estimate of drug-likeness (QED) is 0.401. The van der Waals surface area contributed by atoms with Crippen molar-refractivity contribution < 1.29 is 0 Å². The Bertz CT molecular complexity index is 271. The standard InChI is InChI=1S/C10H18N4S/c1-13-5-4-9(6-13)7-14(2)10(15-3)12-8-11/h9H,4-7H2,1-3H3. The molecule has 1 heterocycles. The van der Waals surface area contributed by atoms with Gasteiger partial charge in [-0.25, -0.2) is 0 Å². The van der Waals surface area contributed by atoms with Crippen LogP contribution in [0.3, 0.4) is 0 Å². The van der Waals surface area contributed by atoms with Crippen LogP contribution < -0.4 is 0 Å². The summed E-state index contributed by atoms with van der Waals surface area (Å²) in [7, 11) is 4.16. The molecule has 1 unspecified atom stereocenters. The lowest BCUT2D eigenvalue weighted by Gasteiger charge is -2.22. The number of hydrogen-bond donors (Lipinski definition) is 0. The molecule has 84 valence electrons. The molecular formula is C10H18N4S. The molecule has 4 nitrogen and oxygen atoms in total. The van der Waals surface area contributed by atoms with E-state index in [0.717, 1.165) is 18.3 Å². The van der Waals surface area contributed by atoms with Crippen molar-refractivity contribution >= 4 is 16.9 Å². The van der Waals surface area contributed by atoms with Gasteiger partial charge in [-0.05, 0) is 32.2 Å². The first kappa shape index (κ1) is 12.3. The van der Waals surface area contributed by atoms with Gasteiger partial charge in [0.05, 0.1) is 0 Å². The van der Waals surface area contributed by atoms with E-state index in [1.165, 1.54) is 24.7 Å². The smallest absolute Gasteiger partial charge is 0.208 e. The molecule has 1 aliphatic heterocycles. The van der Waals surface area contributed by atoms with E-state index < -0.39 is 0 Å². The highest BCUT2D eigenvalue weighted by Crippen LogP contribution is 2.16. The van der Waals surface area contributed by atoms with E-state index in [2.05, 4.69) is 21.8 Å². The molecule has 0 aliphatic carbocycles. The maximum atomic E-state index is 8.53. The molecule has 0 spiro atoms. The molecule has 1 atom stereocenters. The highest BCUT2D eigenvalue weighted by molar-refractivity contribution is 8.13. The van der Waals surface area contributed by atoms with Crippen LogP contribution in [0.2, 0.25) is 0 Å². The normalized spacial score (nSPS) is 22.8. The van der Waals surface area contributed by atoms with Crippen molar-refractivity contribution in [3.05, 3.63) is 0 Å². The molecule has 0 N–H and O–H groups in total. The second-order valence-electron chi connectivity index (χ2n) is 4.00. The average Bonchev–Trinajstić information content (AvgIpc) is 2.60. The highest BCUT2D eigenvalue weighted by atomic mass is 32.2. The van der Waals surface area contributed by atoms with Crippen molar-refractivity contribution in [1.29, 1.82) is 5.26 Å². The van der Waals surface area contributed by atoms with Crippen LogP contribution >= 0.6 is 11.8 Å². The molecule has 0 bridgehead atoms. The van der Waals surface area contributed by atoms with Crippen LogP contribution in [0.5, 0.6) is 0 Å². The first-order valence-electron chi connectivity index (χ1n) is 5.07. The van der Waals surface area contributed by atoms with Crippen LogP contribution in [0.4, 0.5) is 0 Å². The monoisotopic (exact) mass is 226 g/mol. The van der Waals surface area contributed by atoms with Crippen LogP contribution in [-0.2, 0) is 0 Å². The predicted molar refractivity (Wildman–Crippen MR) is 64.8 cm³/mol. The zero-order valence-electron chi connectivity index (χ0n) is 9.60. The molecule has 15 heavy (non-hydrogen) atoms. The fraction of sp³-hybridized carbons (Fsp3) is 0.800. The fourth-order valence-electron chi connectivity index (χ4n) is 1.97. The maximum Gasteiger partial charge on any atom is 0.208 e. The molecule has 1 fully saturated rings. The Labute approximate surface area is 95.9 Å². The summed E-state index contributed by atoms with van der Waals surface area (Å²) < 4.78 is 0. The Morgan fingerprint density at radius 2 is 2.47 bits per heavy atom. The van der Waals surface area contributed by atoms with Gasteiger partial charge in [0.1, 0.15) is 0 Å². The summed E-state index contributed by atoms with van der Waals surface area (Å²) in [6.07, 6.45) is 5.05. The van der Waals surface area contributed by atoms with Gasteiger partial charge >= 0.3 is 0 Å². The Kier molecular flexibility index (Phi) is 4.92. The number of nitrogens with zero attached hydrogens (tertiary/aromatic N) is 4. The first-order valence-corrected chi connectivity index (χ1v) is 6.30. The largest absolute Gasteiger partial charge is 0.353 e. The van der Waals surface area contributed by atoms with Crippen LogP contribution in [0.1, 0.15) is 6.42 Å². The second-order valence-corrected chi connectivity index (χ2v) is 4.77. The summed E-state index contributed by atoms with van der Waals surface area (Å²) >= 11 is 1.53. The first-order chi connectivity index (χ1) is 7.17. The third kappa shape index (κ3) is 3.73. The van der Waals surface area contributed by atoms with Crippen molar-refractivity contribution in [2.45, 2.75) is 6.42 Å². The van der Waals surface area contributed by atoms with Gasteiger partial charge in [-0.15, -0.1) is 4.99 Å². The number of likely N-dealkylation sites (tertiary alicyclic amines) is 1. The van der Waals surface area contributed by atoms with Gasteiger partial charge in [-0.1, -0.05) is 11.8 Å². The van der Waals surface area contributed by atoms with Gasteiger partial charge in [-0.2, -0.15) is 5.26 Å². The Morgan fingerprint density at radius 3 is 2.93 bits per heavy atom. The molecule has 5 heteroatoms. The van der Waals surface area contributed by atoms with Crippen LogP contribution in [0.15, 0.2) is 4.99 Å². The summed E-state index contributed by atoms with van der Waals surface area (Å²) in [6, 6.07) is 0. The van der Waals surface area contributed by atoms with Crippen LogP contribution in [0.25, 0.3) is 0 Å². The molecule has 1 aliphatic rings. The van der Waals surface area contributed by atoms with Gasteiger partial charge in [0.2, 0.25) is 6.19 Å². The number of hydrogen-bond acceptors (Lipinski definition) is 4. The minimum atomic E-state index is 0.705. The fourth-order valence-corrected chi connectivity index (χ4v) is 2.49. The van der Waals surface area contributed by atoms with E-state index in [1.54, 1.807) is 0 Å². The third-order valence-corrected chi connectivity index (χ3v) is 3.44. The Balaban J connectivity index is 2.44. The number of rotatable bonds is 2. The SMILES string of the molecule is CSC(=NC#N)N(C)CC1CCN(C)C1. The molecule has 0 aromatic carbocycles.